The van der Waals surface area contributed by atoms with Gasteiger partial charge in [-0.3, -0.25) is 14.7 Å². The van der Waals surface area contributed by atoms with Crippen molar-refractivity contribution < 1.29 is 9.84 Å². The summed E-state index contributed by atoms with van der Waals surface area (Å²) < 4.78 is 5.08. The first kappa shape index (κ1) is 17.2. The fraction of sp³-hybridized carbons (Fsp3) is 0.250. The Morgan fingerprint density at radius 1 is 1.30 bits per heavy atom. The second-order valence-corrected chi connectivity index (χ2v) is 6.52. The molecule has 0 saturated carbocycles. The van der Waals surface area contributed by atoms with Gasteiger partial charge in [0.15, 0.2) is 17.3 Å². The van der Waals surface area contributed by atoms with Gasteiger partial charge in [0.05, 0.1) is 18.4 Å². The van der Waals surface area contributed by atoms with E-state index in [4.69, 9.17) is 4.74 Å². The fourth-order valence-electron chi connectivity index (χ4n) is 3.33. The fourth-order valence-corrected chi connectivity index (χ4v) is 3.33. The van der Waals surface area contributed by atoms with Gasteiger partial charge in [-0.2, -0.15) is 0 Å². The van der Waals surface area contributed by atoms with E-state index in [1.54, 1.807) is 18.3 Å². The van der Waals surface area contributed by atoms with Crippen molar-refractivity contribution in [2.24, 2.45) is 0 Å². The summed E-state index contributed by atoms with van der Waals surface area (Å²) >= 11 is 0. The molecule has 27 heavy (non-hydrogen) atoms. The smallest absolute Gasteiger partial charge is 0.255 e. The Bertz CT molecular complexity index is 1020. The molecule has 1 aromatic carbocycles. The summed E-state index contributed by atoms with van der Waals surface area (Å²) in [4.78, 5) is 26.5. The highest BCUT2D eigenvalue weighted by Crippen LogP contribution is 2.27. The number of phenols is 1. The molecule has 0 saturated heterocycles. The highest BCUT2D eigenvalue weighted by Gasteiger charge is 2.22. The normalized spacial score (nSPS) is 14.0. The predicted octanol–water partition coefficient (Wildman–Crippen LogP) is 2.10. The predicted molar refractivity (Wildman–Crippen MR) is 101 cm³/mol. The van der Waals surface area contributed by atoms with Crippen LogP contribution >= 0.6 is 0 Å². The number of methoxy groups -OCH3 is 1. The second kappa shape index (κ2) is 7.20. The first-order chi connectivity index (χ1) is 13.1. The van der Waals surface area contributed by atoms with Gasteiger partial charge in [-0.05, 0) is 29.8 Å². The number of nitrogens with one attached hydrogen (secondary N) is 1. The van der Waals surface area contributed by atoms with Gasteiger partial charge < -0.3 is 14.8 Å². The van der Waals surface area contributed by atoms with Gasteiger partial charge in [-0.15, -0.1) is 0 Å². The number of hydrogen-bond acceptors (Lipinski definition) is 6. The van der Waals surface area contributed by atoms with E-state index in [1.807, 2.05) is 24.3 Å². The Morgan fingerprint density at radius 2 is 2.19 bits per heavy atom. The molecule has 3 aromatic rings. The van der Waals surface area contributed by atoms with Crippen molar-refractivity contribution >= 4 is 0 Å². The van der Waals surface area contributed by atoms with Gasteiger partial charge in [0, 0.05) is 32.3 Å². The molecular formula is C20H20N4O3. The largest absolute Gasteiger partial charge is 0.504 e. The number of ether oxygens (including phenoxy) is 1. The third kappa shape index (κ3) is 3.54. The zero-order valence-electron chi connectivity index (χ0n) is 15.0. The number of aromatic amines is 1. The van der Waals surface area contributed by atoms with E-state index in [-0.39, 0.29) is 11.3 Å². The van der Waals surface area contributed by atoms with Crippen LogP contribution in [-0.2, 0) is 19.5 Å². The molecule has 0 amide bonds. The lowest BCUT2D eigenvalue weighted by atomic mass is 10.1. The van der Waals surface area contributed by atoms with E-state index >= 15 is 0 Å². The minimum Gasteiger partial charge on any atom is -0.504 e. The molecule has 1 aliphatic rings. The summed E-state index contributed by atoms with van der Waals surface area (Å²) in [6.07, 6.45) is 2.38. The summed E-state index contributed by atoms with van der Waals surface area (Å²) in [7, 11) is 1.52. The third-order valence-electron chi connectivity index (χ3n) is 4.70. The average Bonchev–Trinajstić information content (AvgIpc) is 2.69. The molecule has 0 radical (unpaired) electrons. The van der Waals surface area contributed by atoms with Crippen LogP contribution in [0.1, 0.15) is 16.8 Å². The molecule has 0 unspecified atom stereocenters. The van der Waals surface area contributed by atoms with Crippen molar-refractivity contribution in [2.75, 3.05) is 13.7 Å². The van der Waals surface area contributed by atoms with E-state index in [9.17, 15) is 9.90 Å². The number of phenolic OH excluding ortho intramolecular Hbond substituents is 1. The molecule has 0 atom stereocenters. The van der Waals surface area contributed by atoms with Crippen molar-refractivity contribution in [3.63, 3.8) is 0 Å². The van der Waals surface area contributed by atoms with Gasteiger partial charge in [0.25, 0.3) is 5.56 Å². The average molecular weight is 364 g/mol. The van der Waals surface area contributed by atoms with Crippen LogP contribution in [0.4, 0.5) is 0 Å². The maximum absolute atomic E-state index is 12.6. The number of H-pyrrole nitrogens is 1. The summed E-state index contributed by atoms with van der Waals surface area (Å²) in [5.74, 6) is 1.07. The van der Waals surface area contributed by atoms with Crippen molar-refractivity contribution in [3.8, 4) is 23.0 Å². The zero-order chi connectivity index (χ0) is 18.8. The maximum Gasteiger partial charge on any atom is 0.255 e. The van der Waals surface area contributed by atoms with Crippen LogP contribution in [0.5, 0.6) is 11.5 Å². The molecule has 4 rings (SSSR count). The number of fused-ring (bicyclic) bond motifs is 1. The van der Waals surface area contributed by atoms with Crippen LogP contribution < -0.4 is 10.3 Å². The van der Waals surface area contributed by atoms with Crippen LogP contribution in [0.15, 0.2) is 47.4 Å². The maximum atomic E-state index is 12.6. The number of rotatable bonds is 4. The Balaban J connectivity index is 1.55. The molecular weight excluding hydrogens is 344 g/mol. The summed E-state index contributed by atoms with van der Waals surface area (Å²) in [5, 5.41) is 9.95. The zero-order valence-corrected chi connectivity index (χ0v) is 15.0. The van der Waals surface area contributed by atoms with Crippen molar-refractivity contribution in [1.29, 1.82) is 0 Å². The van der Waals surface area contributed by atoms with Crippen LogP contribution in [0.25, 0.3) is 11.5 Å². The Kier molecular flexibility index (Phi) is 4.60. The number of pyridine rings is 1. The lowest BCUT2D eigenvalue weighted by Gasteiger charge is -2.27. The van der Waals surface area contributed by atoms with Crippen molar-refractivity contribution in [3.05, 3.63) is 69.8 Å². The number of aromatic nitrogens is 3. The second-order valence-electron chi connectivity index (χ2n) is 6.52. The van der Waals surface area contributed by atoms with Crippen LogP contribution in [0, 0.1) is 0 Å². The van der Waals surface area contributed by atoms with Crippen LogP contribution in [-0.4, -0.2) is 38.6 Å². The lowest BCUT2D eigenvalue weighted by Crippen LogP contribution is -2.35. The Morgan fingerprint density at radius 3 is 2.93 bits per heavy atom. The molecule has 7 nitrogen and oxygen atoms in total. The molecule has 0 bridgehead atoms. The molecule has 0 fully saturated rings. The Labute approximate surface area is 156 Å². The van der Waals surface area contributed by atoms with E-state index in [0.717, 1.165) is 17.8 Å². The number of benzene rings is 1. The number of aromatic hydroxyl groups is 1. The first-order valence-corrected chi connectivity index (χ1v) is 8.76. The van der Waals surface area contributed by atoms with E-state index < -0.39 is 0 Å². The standard InChI is InChI=1S/C20H20N4O3/c1-27-18-6-5-13(10-17(18)25)11-24-9-7-15-14(12-24)20(26)23-19(22-15)16-4-2-3-8-21-16/h2-6,8,10,25H,7,9,11-12H2,1H3,(H,22,23,26). The molecule has 2 N–H and O–H groups in total. The molecule has 0 spiro atoms. The molecule has 1 aliphatic heterocycles. The van der Waals surface area contributed by atoms with E-state index in [1.165, 1.54) is 7.11 Å². The van der Waals surface area contributed by atoms with Gasteiger partial charge >= 0.3 is 0 Å². The highest BCUT2D eigenvalue weighted by atomic mass is 16.5. The highest BCUT2D eigenvalue weighted by molar-refractivity contribution is 5.49. The number of hydrogen-bond donors (Lipinski definition) is 2. The SMILES string of the molecule is COc1ccc(CN2CCc3nc(-c4ccccn4)[nH]c(=O)c3C2)cc1O. The summed E-state index contributed by atoms with van der Waals surface area (Å²) in [6, 6.07) is 10.9. The van der Waals surface area contributed by atoms with Crippen molar-refractivity contribution in [1.82, 2.24) is 19.9 Å². The van der Waals surface area contributed by atoms with E-state index in [2.05, 4.69) is 19.9 Å². The molecule has 2 aromatic heterocycles. The van der Waals surface area contributed by atoms with Crippen LogP contribution in [0.3, 0.4) is 0 Å². The van der Waals surface area contributed by atoms with Gasteiger partial charge in [-0.25, -0.2) is 4.98 Å². The van der Waals surface area contributed by atoms with Crippen molar-refractivity contribution in [2.45, 2.75) is 19.5 Å². The van der Waals surface area contributed by atoms with Gasteiger partial charge in [-0.1, -0.05) is 12.1 Å². The molecule has 138 valence electrons. The summed E-state index contributed by atoms with van der Waals surface area (Å²) in [5.41, 5.74) is 3.02. The quantitative estimate of drug-likeness (QED) is 0.737. The van der Waals surface area contributed by atoms with Crippen LogP contribution in [0.2, 0.25) is 0 Å². The summed E-state index contributed by atoms with van der Waals surface area (Å²) in [6.45, 7) is 1.95. The number of nitrogens with zero attached hydrogens (tertiary/aromatic N) is 3. The molecule has 7 heteroatoms. The molecule has 0 aliphatic carbocycles. The topological polar surface area (TPSA) is 91.3 Å². The minimum atomic E-state index is -0.122. The van der Waals surface area contributed by atoms with E-state index in [0.29, 0.717) is 42.3 Å². The van der Waals surface area contributed by atoms with Gasteiger partial charge in [0.1, 0.15) is 5.69 Å². The molecule has 3 heterocycles. The first-order valence-electron chi connectivity index (χ1n) is 8.76. The van der Waals surface area contributed by atoms with Gasteiger partial charge in [0.2, 0.25) is 0 Å². The third-order valence-corrected chi connectivity index (χ3v) is 4.70. The monoisotopic (exact) mass is 364 g/mol. The Hall–Kier alpha value is -3.19. The lowest BCUT2D eigenvalue weighted by molar-refractivity contribution is 0.241. The minimum absolute atomic E-state index is 0.118.